The molecule has 1 unspecified atom stereocenters. The van der Waals surface area contributed by atoms with Crippen LogP contribution in [0.2, 0.25) is 0 Å². The summed E-state index contributed by atoms with van der Waals surface area (Å²) >= 11 is 0. The summed E-state index contributed by atoms with van der Waals surface area (Å²) in [6.45, 7) is 9.13. The molecule has 1 rings (SSSR count). The van der Waals surface area contributed by atoms with E-state index in [0.29, 0.717) is 11.3 Å². The first-order chi connectivity index (χ1) is 9.90. The molecule has 0 aromatic carbocycles. The van der Waals surface area contributed by atoms with Gasteiger partial charge in [0.2, 0.25) is 5.88 Å². The molecule has 0 aliphatic rings. The van der Waals surface area contributed by atoms with Gasteiger partial charge in [-0.3, -0.25) is 0 Å². The number of aromatic nitrogens is 2. The van der Waals surface area contributed by atoms with Crippen LogP contribution in [0.1, 0.15) is 51.9 Å². The largest absolute Gasteiger partial charge is 0.470 e. The molecular weight excluding hydrogens is 312 g/mol. The Labute approximate surface area is 132 Å². The lowest BCUT2D eigenvalue weighted by atomic mass is 10.2. The van der Waals surface area contributed by atoms with Crippen molar-refractivity contribution in [3.05, 3.63) is 17.3 Å². The fourth-order valence-electron chi connectivity index (χ4n) is 1.44. The molecular formula is C14H23F2N3O2S. The first kappa shape index (κ1) is 18.9. The molecule has 0 radical (unpaired) electrons. The highest BCUT2D eigenvalue weighted by Crippen LogP contribution is 2.21. The molecule has 1 aromatic heterocycles. The summed E-state index contributed by atoms with van der Waals surface area (Å²) in [4.78, 5) is 0. The van der Waals surface area contributed by atoms with E-state index in [-0.39, 0.29) is 11.9 Å². The maximum atomic E-state index is 12.8. The molecule has 22 heavy (non-hydrogen) atoms. The minimum atomic E-state index is -2.93. The highest BCUT2D eigenvalue weighted by atomic mass is 32.2. The molecule has 126 valence electrons. The van der Waals surface area contributed by atoms with Gasteiger partial charge < -0.3 is 4.74 Å². The van der Waals surface area contributed by atoms with E-state index < -0.39 is 28.3 Å². The van der Waals surface area contributed by atoms with Crippen LogP contribution in [0.25, 0.3) is 0 Å². The van der Waals surface area contributed by atoms with Crippen molar-refractivity contribution in [3.8, 4) is 5.88 Å². The Morgan fingerprint density at radius 2 is 1.91 bits per heavy atom. The normalized spacial score (nSPS) is 15.5. The number of nitrogens with one attached hydrogen (secondary N) is 1. The maximum absolute atomic E-state index is 12.8. The fourth-order valence-corrected chi connectivity index (χ4v) is 2.24. The summed E-state index contributed by atoms with van der Waals surface area (Å²) in [5, 5.41) is 7.79. The molecule has 0 aliphatic carbocycles. The van der Waals surface area contributed by atoms with E-state index in [2.05, 4.69) is 14.9 Å². The standard InChI is InChI=1S/C14H23F2N3O2S/c1-9-7-11(10(2)19-22(20)13(3,4)5)17-18-12(9)21-8-14(6,15)16/h7,10,19H,8H2,1-6H3/t10?,22-/m1/s1. The van der Waals surface area contributed by atoms with Gasteiger partial charge in [-0.15, -0.1) is 5.10 Å². The predicted octanol–water partition coefficient (Wildman–Crippen LogP) is 2.93. The number of halogens is 2. The van der Waals surface area contributed by atoms with E-state index in [0.717, 1.165) is 6.92 Å². The third-order valence-corrected chi connectivity index (χ3v) is 4.38. The molecule has 1 N–H and O–H groups in total. The fraction of sp³-hybridized carbons (Fsp3) is 0.714. The molecule has 0 bridgehead atoms. The van der Waals surface area contributed by atoms with Gasteiger partial charge in [-0.2, -0.15) is 5.10 Å². The number of hydrogen-bond donors (Lipinski definition) is 1. The average Bonchev–Trinajstić information content (AvgIpc) is 2.34. The smallest absolute Gasteiger partial charge is 0.278 e. The summed E-state index contributed by atoms with van der Waals surface area (Å²) in [7, 11) is -1.24. The highest BCUT2D eigenvalue weighted by molar-refractivity contribution is 7.84. The average molecular weight is 335 g/mol. The van der Waals surface area contributed by atoms with Crippen LogP contribution in [0.15, 0.2) is 6.07 Å². The van der Waals surface area contributed by atoms with Gasteiger partial charge in [-0.25, -0.2) is 17.7 Å². The van der Waals surface area contributed by atoms with E-state index in [1.807, 2.05) is 27.7 Å². The van der Waals surface area contributed by atoms with Gasteiger partial charge >= 0.3 is 0 Å². The second-order valence-electron chi connectivity index (χ2n) is 6.34. The van der Waals surface area contributed by atoms with Gasteiger partial charge in [0, 0.05) is 12.5 Å². The molecule has 0 saturated heterocycles. The minimum Gasteiger partial charge on any atom is -0.470 e. The molecule has 8 heteroatoms. The van der Waals surface area contributed by atoms with Crippen LogP contribution in [-0.2, 0) is 11.0 Å². The Morgan fingerprint density at radius 3 is 2.36 bits per heavy atom. The van der Waals surface area contributed by atoms with Crippen LogP contribution in [0.5, 0.6) is 5.88 Å². The zero-order valence-electron chi connectivity index (χ0n) is 13.7. The van der Waals surface area contributed by atoms with Crippen LogP contribution >= 0.6 is 0 Å². The van der Waals surface area contributed by atoms with Crippen LogP contribution < -0.4 is 9.46 Å². The molecule has 0 aliphatic heterocycles. The monoisotopic (exact) mass is 335 g/mol. The van der Waals surface area contributed by atoms with Crippen molar-refractivity contribution < 1.29 is 17.7 Å². The van der Waals surface area contributed by atoms with Crippen molar-refractivity contribution in [3.63, 3.8) is 0 Å². The lowest BCUT2D eigenvalue weighted by molar-refractivity contribution is -0.0247. The number of hydrogen-bond acceptors (Lipinski definition) is 4. The maximum Gasteiger partial charge on any atom is 0.278 e. The van der Waals surface area contributed by atoms with Gasteiger partial charge in [0.25, 0.3) is 5.92 Å². The van der Waals surface area contributed by atoms with Crippen molar-refractivity contribution >= 4 is 11.0 Å². The number of rotatable bonds is 6. The van der Waals surface area contributed by atoms with Gasteiger partial charge in [-0.05, 0) is 40.7 Å². The Hall–Kier alpha value is -1.15. The summed E-state index contributed by atoms with van der Waals surface area (Å²) < 4.78 is 45.1. The van der Waals surface area contributed by atoms with Crippen molar-refractivity contribution in [1.82, 2.24) is 14.9 Å². The van der Waals surface area contributed by atoms with E-state index in [9.17, 15) is 13.0 Å². The van der Waals surface area contributed by atoms with Crippen LogP contribution in [0.3, 0.4) is 0 Å². The van der Waals surface area contributed by atoms with Gasteiger partial charge in [0.05, 0.1) is 27.5 Å². The lowest BCUT2D eigenvalue weighted by Gasteiger charge is -2.21. The number of aryl methyl sites for hydroxylation is 1. The summed E-state index contributed by atoms with van der Waals surface area (Å²) in [6, 6.07) is 1.40. The third kappa shape index (κ3) is 5.92. The molecule has 0 saturated carbocycles. The van der Waals surface area contributed by atoms with E-state index in [1.165, 1.54) is 0 Å². The van der Waals surface area contributed by atoms with Gasteiger partial charge in [-0.1, -0.05) is 0 Å². The second-order valence-corrected chi connectivity index (χ2v) is 8.33. The first-order valence-electron chi connectivity index (χ1n) is 6.93. The summed E-state index contributed by atoms with van der Waals surface area (Å²) in [6.07, 6.45) is 0. The topological polar surface area (TPSA) is 64.1 Å². The van der Waals surface area contributed by atoms with Crippen molar-refractivity contribution in [1.29, 1.82) is 0 Å². The highest BCUT2D eigenvalue weighted by Gasteiger charge is 2.24. The van der Waals surface area contributed by atoms with Crippen LogP contribution in [0, 0.1) is 6.92 Å². The predicted molar refractivity (Wildman–Crippen MR) is 82.3 cm³/mol. The minimum absolute atomic E-state index is 0.0782. The van der Waals surface area contributed by atoms with E-state index in [1.54, 1.807) is 13.0 Å². The Kier molecular flexibility index (Phi) is 5.97. The van der Waals surface area contributed by atoms with E-state index in [4.69, 9.17) is 4.74 Å². The van der Waals surface area contributed by atoms with Crippen LogP contribution in [0.4, 0.5) is 8.78 Å². The molecule has 1 aromatic rings. The summed E-state index contributed by atoms with van der Waals surface area (Å²) in [5.41, 5.74) is 1.18. The van der Waals surface area contributed by atoms with Gasteiger partial charge in [0.15, 0.2) is 6.61 Å². The molecule has 0 amide bonds. The second kappa shape index (κ2) is 6.95. The third-order valence-electron chi connectivity index (χ3n) is 2.70. The molecule has 0 fully saturated rings. The Morgan fingerprint density at radius 1 is 1.32 bits per heavy atom. The lowest BCUT2D eigenvalue weighted by Crippen LogP contribution is -2.35. The number of nitrogens with zero attached hydrogens (tertiary/aromatic N) is 2. The van der Waals surface area contributed by atoms with E-state index >= 15 is 0 Å². The zero-order valence-corrected chi connectivity index (χ0v) is 14.6. The summed E-state index contributed by atoms with van der Waals surface area (Å²) in [5.74, 6) is -2.85. The molecule has 5 nitrogen and oxygen atoms in total. The zero-order chi connectivity index (χ0) is 17.1. The Balaban J connectivity index is 2.78. The van der Waals surface area contributed by atoms with Crippen LogP contribution in [-0.4, -0.2) is 31.7 Å². The van der Waals surface area contributed by atoms with Gasteiger partial charge in [0.1, 0.15) is 0 Å². The molecule has 0 spiro atoms. The molecule has 2 atom stereocenters. The van der Waals surface area contributed by atoms with Crippen molar-refractivity contribution in [2.24, 2.45) is 0 Å². The Bertz CT molecular complexity index is 542. The number of ether oxygens (including phenoxy) is 1. The first-order valence-corrected chi connectivity index (χ1v) is 8.08. The van der Waals surface area contributed by atoms with Crippen molar-refractivity contribution in [2.45, 2.75) is 58.3 Å². The quantitative estimate of drug-likeness (QED) is 0.868. The van der Waals surface area contributed by atoms with Crippen molar-refractivity contribution in [2.75, 3.05) is 6.61 Å². The number of alkyl halides is 2. The SMILES string of the molecule is Cc1cc(C(C)N[S@](=O)C(C)(C)C)nnc1OCC(C)(F)F. The molecule has 1 heterocycles.